The van der Waals surface area contributed by atoms with Gasteiger partial charge in [-0.05, 0) is 43.7 Å². The van der Waals surface area contributed by atoms with Crippen LogP contribution in [-0.2, 0) is 0 Å². The lowest BCUT2D eigenvalue weighted by Crippen LogP contribution is -2.28. The minimum absolute atomic E-state index is 0.272. The fraction of sp³-hybridized carbons (Fsp3) is 0.176. The van der Waals surface area contributed by atoms with Crippen LogP contribution in [-0.4, -0.2) is 22.5 Å². The summed E-state index contributed by atoms with van der Waals surface area (Å²) in [6.07, 6.45) is 1.55. The van der Waals surface area contributed by atoms with Crippen LogP contribution >= 0.6 is 11.3 Å². The summed E-state index contributed by atoms with van der Waals surface area (Å²) in [5.74, 6) is 0. The maximum Gasteiger partial charge on any atom is 0.321 e. The van der Waals surface area contributed by atoms with Gasteiger partial charge in [0.2, 0.25) is 0 Å². The van der Waals surface area contributed by atoms with Gasteiger partial charge in [0.25, 0.3) is 0 Å². The van der Waals surface area contributed by atoms with Gasteiger partial charge >= 0.3 is 6.03 Å². The summed E-state index contributed by atoms with van der Waals surface area (Å²) in [5, 5.41) is 14.9. The zero-order valence-electron chi connectivity index (χ0n) is 13.3. The molecule has 0 fully saturated rings. The molecule has 7 heteroatoms. The van der Waals surface area contributed by atoms with E-state index >= 15 is 0 Å². The van der Waals surface area contributed by atoms with Crippen LogP contribution in [0.25, 0.3) is 21.5 Å². The van der Waals surface area contributed by atoms with Crippen molar-refractivity contribution in [1.82, 2.24) is 15.3 Å². The number of fused-ring (bicyclic) bond motifs is 1. The number of urea groups is 1. The molecule has 3 rings (SSSR count). The summed E-state index contributed by atoms with van der Waals surface area (Å²) in [6.45, 7) is 4.40. The van der Waals surface area contributed by atoms with Gasteiger partial charge in [-0.2, -0.15) is 5.26 Å². The van der Waals surface area contributed by atoms with Crippen molar-refractivity contribution in [3.8, 4) is 17.3 Å². The molecule has 24 heavy (non-hydrogen) atoms. The number of hydrogen-bond donors (Lipinski definition) is 2. The zero-order chi connectivity index (χ0) is 17.1. The number of anilines is 1. The Morgan fingerprint density at radius 2 is 2.21 bits per heavy atom. The summed E-state index contributed by atoms with van der Waals surface area (Å²) in [6, 6.07) is 9.36. The lowest BCUT2D eigenvalue weighted by Gasteiger charge is -2.03. The molecule has 0 saturated carbocycles. The number of nitrogens with zero attached hydrogens (tertiary/aromatic N) is 3. The first-order valence-electron chi connectivity index (χ1n) is 7.43. The van der Waals surface area contributed by atoms with Crippen LogP contribution in [0, 0.1) is 18.3 Å². The number of amides is 2. The van der Waals surface area contributed by atoms with E-state index in [1.807, 2.05) is 32.0 Å². The van der Waals surface area contributed by atoms with Crippen LogP contribution in [0.4, 0.5) is 9.93 Å². The Morgan fingerprint density at radius 1 is 1.38 bits per heavy atom. The summed E-state index contributed by atoms with van der Waals surface area (Å²) in [5.41, 5.74) is 4.10. The normalized spacial score (nSPS) is 10.4. The van der Waals surface area contributed by atoms with E-state index in [1.165, 1.54) is 11.3 Å². The highest BCUT2D eigenvalue weighted by Crippen LogP contribution is 2.35. The van der Waals surface area contributed by atoms with Crippen LogP contribution in [0.1, 0.15) is 18.1 Å². The number of hydrogen-bond acceptors (Lipinski definition) is 5. The molecule has 120 valence electrons. The second-order valence-corrected chi connectivity index (χ2v) is 6.21. The van der Waals surface area contributed by atoms with Gasteiger partial charge in [-0.25, -0.2) is 9.78 Å². The summed E-state index contributed by atoms with van der Waals surface area (Å²) in [4.78, 5) is 20.5. The van der Waals surface area contributed by atoms with Crippen molar-refractivity contribution in [2.24, 2.45) is 0 Å². The molecule has 0 atom stereocenters. The van der Waals surface area contributed by atoms with Crippen molar-refractivity contribution < 1.29 is 4.79 Å². The number of carbonyl (C=O) groups is 1. The number of nitrogens with one attached hydrogen (secondary N) is 2. The quantitative estimate of drug-likeness (QED) is 0.763. The van der Waals surface area contributed by atoms with Gasteiger partial charge in [-0.3, -0.25) is 10.3 Å². The lowest BCUT2D eigenvalue weighted by atomic mass is 10.1. The highest BCUT2D eigenvalue weighted by atomic mass is 32.1. The van der Waals surface area contributed by atoms with Gasteiger partial charge in [0.15, 0.2) is 5.13 Å². The van der Waals surface area contributed by atoms with Crippen molar-refractivity contribution in [2.75, 3.05) is 11.9 Å². The minimum atomic E-state index is -0.272. The Kier molecular flexibility index (Phi) is 4.40. The largest absolute Gasteiger partial charge is 0.338 e. The van der Waals surface area contributed by atoms with Crippen molar-refractivity contribution in [3.05, 3.63) is 41.6 Å². The predicted molar refractivity (Wildman–Crippen MR) is 95.0 cm³/mol. The highest BCUT2D eigenvalue weighted by molar-refractivity contribution is 7.22. The molecular formula is C17H15N5OS. The predicted octanol–water partition coefficient (Wildman–Crippen LogP) is 3.68. The monoisotopic (exact) mass is 337 g/mol. The molecule has 0 aliphatic carbocycles. The van der Waals surface area contributed by atoms with Crippen LogP contribution < -0.4 is 10.6 Å². The van der Waals surface area contributed by atoms with Crippen molar-refractivity contribution in [1.29, 1.82) is 5.26 Å². The van der Waals surface area contributed by atoms with Crippen LogP contribution in [0.5, 0.6) is 0 Å². The average molecular weight is 337 g/mol. The van der Waals surface area contributed by atoms with Gasteiger partial charge in [-0.1, -0.05) is 11.3 Å². The zero-order valence-corrected chi connectivity index (χ0v) is 14.1. The first-order chi connectivity index (χ1) is 11.6. The molecule has 2 amide bonds. The second kappa shape index (κ2) is 6.64. The fourth-order valence-electron chi connectivity index (χ4n) is 2.34. The third kappa shape index (κ3) is 3.19. The van der Waals surface area contributed by atoms with E-state index < -0.39 is 0 Å². The van der Waals surface area contributed by atoms with Gasteiger partial charge in [0.05, 0.1) is 21.5 Å². The Balaban J connectivity index is 2.05. The molecule has 2 N–H and O–H groups in total. The number of nitriles is 1. The van der Waals surface area contributed by atoms with Crippen LogP contribution in [0.3, 0.4) is 0 Å². The molecular weight excluding hydrogens is 322 g/mol. The number of pyridine rings is 1. The molecule has 0 spiro atoms. The number of benzene rings is 1. The van der Waals surface area contributed by atoms with Gasteiger partial charge in [-0.15, -0.1) is 0 Å². The van der Waals surface area contributed by atoms with E-state index in [1.54, 1.807) is 12.3 Å². The first-order valence-corrected chi connectivity index (χ1v) is 8.25. The van der Waals surface area contributed by atoms with Crippen LogP contribution in [0.15, 0.2) is 30.5 Å². The van der Waals surface area contributed by atoms with Crippen molar-refractivity contribution >= 4 is 32.7 Å². The Morgan fingerprint density at radius 3 is 2.88 bits per heavy atom. The molecule has 0 aliphatic rings. The minimum Gasteiger partial charge on any atom is -0.338 e. The third-order valence-corrected chi connectivity index (χ3v) is 4.38. The summed E-state index contributed by atoms with van der Waals surface area (Å²) < 4.78 is 0.949. The molecule has 0 unspecified atom stereocenters. The molecule has 0 bridgehead atoms. The van der Waals surface area contributed by atoms with Crippen molar-refractivity contribution in [3.63, 3.8) is 0 Å². The summed E-state index contributed by atoms with van der Waals surface area (Å²) >= 11 is 1.40. The molecule has 1 aromatic carbocycles. The van der Waals surface area contributed by atoms with Gasteiger partial charge in [0, 0.05) is 18.3 Å². The standard InChI is InChI=1S/C17H15N5OS/c1-3-19-16(23)22-17-21-14-7-10(2)6-12(15(14)24-17)13-5-4-11(8-18)9-20-13/h4-7,9H,3H2,1-2H3,(H2,19,21,22,23). The lowest BCUT2D eigenvalue weighted by molar-refractivity contribution is 0.252. The average Bonchev–Trinajstić information content (AvgIpc) is 2.96. The van der Waals surface area contributed by atoms with E-state index in [0.717, 1.165) is 27.0 Å². The number of aromatic nitrogens is 2. The second-order valence-electron chi connectivity index (χ2n) is 5.21. The molecule has 2 aromatic heterocycles. The molecule has 0 saturated heterocycles. The number of thiazole rings is 1. The number of carbonyl (C=O) groups excluding carboxylic acids is 1. The van der Waals surface area contributed by atoms with Gasteiger partial charge < -0.3 is 5.32 Å². The van der Waals surface area contributed by atoms with E-state index in [-0.39, 0.29) is 6.03 Å². The topological polar surface area (TPSA) is 90.7 Å². The smallest absolute Gasteiger partial charge is 0.321 e. The fourth-order valence-corrected chi connectivity index (χ4v) is 3.30. The molecule has 0 radical (unpaired) electrons. The molecule has 6 nitrogen and oxygen atoms in total. The first kappa shape index (κ1) is 15.9. The van der Waals surface area contributed by atoms with E-state index in [0.29, 0.717) is 17.2 Å². The molecule has 0 aliphatic heterocycles. The SMILES string of the molecule is CCNC(=O)Nc1nc2cc(C)cc(-c3ccc(C#N)cn3)c2s1. The van der Waals surface area contributed by atoms with Gasteiger partial charge in [0.1, 0.15) is 6.07 Å². The van der Waals surface area contributed by atoms with E-state index in [2.05, 4.69) is 26.7 Å². The number of rotatable bonds is 3. The number of aryl methyl sites for hydroxylation is 1. The maximum absolute atomic E-state index is 11.7. The maximum atomic E-state index is 11.7. The third-order valence-electron chi connectivity index (χ3n) is 3.36. The van der Waals surface area contributed by atoms with E-state index in [4.69, 9.17) is 5.26 Å². The Labute approximate surface area is 143 Å². The Hall–Kier alpha value is -2.98. The van der Waals surface area contributed by atoms with Crippen LogP contribution in [0.2, 0.25) is 0 Å². The van der Waals surface area contributed by atoms with Crippen molar-refractivity contribution in [2.45, 2.75) is 13.8 Å². The molecule has 2 heterocycles. The highest BCUT2D eigenvalue weighted by Gasteiger charge is 2.13. The molecule has 3 aromatic rings. The van der Waals surface area contributed by atoms with E-state index in [9.17, 15) is 4.79 Å². The Bertz CT molecular complexity index is 940. The summed E-state index contributed by atoms with van der Waals surface area (Å²) in [7, 11) is 0.